The summed E-state index contributed by atoms with van der Waals surface area (Å²) < 4.78 is 5.58. The molecule has 2 heterocycles. The molecule has 1 aromatic rings. The number of rotatable bonds is 5. The maximum atomic E-state index is 10.5. The number of anilines is 1. The summed E-state index contributed by atoms with van der Waals surface area (Å²) in [7, 11) is 0. The number of hydrogen-bond donors (Lipinski definition) is 2. The van der Waals surface area contributed by atoms with Crippen molar-refractivity contribution < 1.29 is 14.6 Å². The molecule has 0 spiro atoms. The number of aliphatic carboxylic acids is 1. The molecule has 5 nitrogen and oxygen atoms in total. The summed E-state index contributed by atoms with van der Waals surface area (Å²) in [6.07, 6.45) is 2.40. The fraction of sp³-hybridized carbons (Fsp3) is 0.636. The third kappa shape index (κ3) is 3.41. The number of thiazole rings is 1. The van der Waals surface area contributed by atoms with Crippen LogP contribution in [0.2, 0.25) is 0 Å². The molecule has 0 bridgehead atoms. The maximum absolute atomic E-state index is 10.5. The topological polar surface area (TPSA) is 71.5 Å². The number of hydrogen-bond acceptors (Lipinski definition) is 5. The van der Waals surface area contributed by atoms with Crippen LogP contribution in [0.1, 0.15) is 25.5 Å². The van der Waals surface area contributed by atoms with Crippen LogP contribution in [0, 0.1) is 0 Å². The Morgan fingerprint density at radius 2 is 2.65 bits per heavy atom. The molecule has 1 fully saturated rings. The maximum Gasteiger partial charge on any atom is 0.309 e. The van der Waals surface area contributed by atoms with Crippen molar-refractivity contribution in [1.29, 1.82) is 0 Å². The van der Waals surface area contributed by atoms with Crippen molar-refractivity contribution in [1.82, 2.24) is 4.98 Å². The Morgan fingerprint density at radius 1 is 1.82 bits per heavy atom. The van der Waals surface area contributed by atoms with Crippen molar-refractivity contribution in [3.63, 3.8) is 0 Å². The molecule has 2 N–H and O–H groups in total. The summed E-state index contributed by atoms with van der Waals surface area (Å²) in [6, 6.07) is 0.210. The smallest absolute Gasteiger partial charge is 0.309 e. The van der Waals surface area contributed by atoms with Gasteiger partial charge in [-0.3, -0.25) is 4.79 Å². The van der Waals surface area contributed by atoms with Crippen molar-refractivity contribution in [2.24, 2.45) is 0 Å². The second-order valence-corrected chi connectivity index (χ2v) is 5.06. The molecule has 1 aliphatic heterocycles. The van der Waals surface area contributed by atoms with Crippen LogP contribution in [-0.2, 0) is 16.0 Å². The molecule has 0 aromatic carbocycles. The number of nitrogens with one attached hydrogen (secondary N) is 1. The average molecular weight is 256 g/mol. The molecule has 0 saturated carbocycles. The van der Waals surface area contributed by atoms with Gasteiger partial charge in [0, 0.05) is 12.0 Å². The van der Waals surface area contributed by atoms with Gasteiger partial charge in [-0.25, -0.2) is 4.98 Å². The molecule has 2 rings (SSSR count). The molecule has 2 unspecified atom stereocenters. The average Bonchev–Trinajstić information content (AvgIpc) is 2.87. The Balaban J connectivity index is 1.89. The Hall–Kier alpha value is -1.14. The SMILES string of the molecule is CC(Nc1nc(CC(=O)O)cs1)C1CCCO1. The first-order valence-electron chi connectivity index (χ1n) is 5.69. The third-order valence-electron chi connectivity index (χ3n) is 2.76. The minimum atomic E-state index is -0.853. The lowest BCUT2D eigenvalue weighted by Crippen LogP contribution is -2.29. The van der Waals surface area contributed by atoms with Gasteiger partial charge in [0.1, 0.15) is 0 Å². The summed E-state index contributed by atoms with van der Waals surface area (Å²) in [6.45, 7) is 2.90. The zero-order valence-electron chi connectivity index (χ0n) is 9.68. The molecule has 1 saturated heterocycles. The molecule has 6 heteroatoms. The minimum absolute atomic E-state index is 0.0213. The van der Waals surface area contributed by atoms with Crippen LogP contribution in [-0.4, -0.2) is 34.8 Å². The first-order valence-corrected chi connectivity index (χ1v) is 6.57. The standard InChI is InChI=1S/C11H16N2O3S/c1-7(9-3-2-4-16-9)12-11-13-8(6-17-11)5-10(14)15/h6-7,9H,2-5H2,1H3,(H,12,13)(H,14,15). The molecule has 0 aliphatic carbocycles. The van der Waals surface area contributed by atoms with Crippen molar-refractivity contribution in [2.75, 3.05) is 11.9 Å². The molecule has 17 heavy (non-hydrogen) atoms. The van der Waals surface area contributed by atoms with Gasteiger partial charge in [-0.15, -0.1) is 11.3 Å². The fourth-order valence-corrected chi connectivity index (χ4v) is 2.70. The summed E-state index contributed by atoms with van der Waals surface area (Å²) in [5.74, 6) is -0.853. The van der Waals surface area contributed by atoms with Crippen LogP contribution in [0.4, 0.5) is 5.13 Å². The highest BCUT2D eigenvalue weighted by molar-refractivity contribution is 7.13. The van der Waals surface area contributed by atoms with Gasteiger partial charge in [-0.2, -0.15) is 0 Å². The van der Waals surface area contributed by atoms with E-state index in [1.807, 2.05) is 0 Å². The minimum Gasteiger partial charge on any atom is -0.481 e. The van der Waals surface area contributed by atoms with E-state index in [-0.39, 0.29) is 18.6 Å². The van der Waals surface area contributed by atoms with E-state index < -0.39 is 5.97 Å². The zero-order chi connectivity index (χ0) is 12.3. The quantitative estimate of drug-likeness (QED) is 0.839. The first kappa shape index (κ1) is 12.3. The zero-order valence-corrected chi connectivity index (χ0v) is 10.5. The third-order valence-corrected chi connectivity index (χ3v) is 3.58. The van der Waals surface area contributed by atoms with Crippen molar-refractivity contribution in [2.45, 2.75) is 38.3 Å². The molecular formula is C11H16N2O3S. The van der Waals surface area contributed by atoms with E-state index in [0.717, 1.165) is 24.6 Å². The normalized spacial score (nSPS) is 21.4. The Bertz CT molecular complexity index is 388. The van der Waals surface area contributed by atoms with Crippen LogP contribution >= 0.6 is 11.3 Å². The van der Waals surface area contributed by atoms with Crippen molar-refractivity contribution in [3.05, 3.63) is 11.1 Å². The van der Waals surface area contributed by atoms with Crippen molar-refractivity contribution in [3.8, 4) is 0 Å². The molecule has 1 aromatic heterocycles. The number of carbonyl (C=O) groups is 1. The highest BCUT2D eigenvalue weighted by Gasteiger charge is 2.22. The predicted molar refractivity (Wildman–Crippen MR) is 65.5 cm³/mol. The molecule has 0 amide bonds. The Morgan fingerprint density at radius 3 is 3.29 bits per heavy atom. The fourth-order valence-electron chi connectivity index (χ4n) is 1.89. The summed E-state index contributed by atoms with van der Waals surface area (Å²) >= 11 is 1.44. The van der Waals surface area contributed by atoms with Gasteiger partial charge in [-0.05, 0) is 19.8 Å². The number of carboxylic acid groups (broad SMARTS) is 1. The van der Waals surface area contributed by atoms with E-state index in [9.17, 15) is 4.79 Å². The molecule has 0 radical (unpaired) electrons. The highest BCUT2D eigenvalue weighted by Crippen LogP contribution is 2.21. The largest absolute Gasteiger partial charge is 0.481 e. The molecule has 2 atom stereocenters. The molecular weight excluding hydrogens is 240 g/mol. The highest BCUT2D eigenvalue weighted by atomic mass is 32.1. The summed E-state index contributed by atoms with van der Waals surface area (Å²) in [5.41, 5.74) is 0.601. The Labute approximate surface area is 104 Å². The summed E-state index contributed by atoms with van der Waals surface area (Å²) in [4.78, 5) is 14.8. The number of carboxylic acids is 1. The van der Waals surface area contributed by atoms with Crippen molar-refractivity contribution >= 4 is 22.4 Å². The lowest BCUT2D eigenvalue weighted by Gasteiger charge is -2.19. The monoisotopic (exact) mass is 256 g/mol. The van der Waals surface area contributed by atoms with Crippen LogP contribution in [0.5, 0.6) is 0 Å². The van der Waals surface area contributed by atoms with E-state index in [0.29, 0.717) is 5.69 Å². The van der Waals surface area contributed by atoms with Crippen LogP contribution in [0.3, 0.4) is 0 Å². The number of aromatic nitrogens is 1. The van der Waals surface area contributed by atoms with Crippen LogP contribution in [0.25, 0.3) is 0 Å². The predicted octanol–water partition coefficient (Wildman–Crippen LogP) is 1.75. The van der Waals surface area contributed by atoms with E-state index >= 15 is 0 Å². The molecule has 94 valence electrons. The second kappa shape index (κ2) is 5.46. The molecule has 1 aliphatic rings. The van der Waals surface area contributed by atoms with Crippen LogP contribution in [0.15, 0.2) is 5.38 Å². The number of ether oxygens (including phenoxy) is 1. The van der Waals surface area contributed by atoms with Gasteiger partial charge in [0.15, 0.2) is 5.13 Å². The van der Waals surface area contributed by atoms with E-state index in [1.165, 1.54) is 11.3 Å². The first-order chi connectivity index (χ1) is 8.15. The van der Waals surface area contributed by atoms with E-state index in [4.69, 9.17) is 9.84 Å². The van der Waals surface area contributed by atoms with Crippen LogP contribution < -0.4 is 5.32 Å². The Kier molecular flexibility index (Phi) is 3.96. The van der Waals surface area contributed by atoms with Gasteiger partial charge < -0.3 is 15.2 Å². The van der Waals surface area contributed by atoms with Gasteiger partial charge in [0.2, 0.25) is 0 Å². The van der Waals surface area contributed by atoms with Gasteiger partial charge in [0.25, 0.3) is 0 Å². The van der Waals surface area contributed by atoms with Gasteiger partial charge >= 0.3 is 5.97 Å². The summed E-state index contributed by atoms with van der Waals surface area (Å²) in [5, 5.41) is 14.5. The van der Waals surface area contributed by atoms with E-state index in [1.54, 1.807) is 5.38 Å². The number of nitrogens with zero attached hydrogens (tertiary/aromatic N) is 1. The van der Waals surface area contributed by atoms with E-state index in [2.05, 4.69) is 17.2 Å². The lowest BCUT2D eigenvalue weighted by molar-refractivity contribution is -0.136. The van der Waals surface area contributed by atoms with Gasteiger partial charge in [0.05, 0.1) is 24.3 Å². The second-order valence-electron chi connectivity index (χ2n) is 4.20. The lowest BCUT2D eigenvalue weighted by atomic mass is 10.1. The van der Waals surface area contributed by atoms with Gasteiger partial charge in [-0.1, -0.05) is 0 Å².